The summed E-state index contributed by atoms with van der Waals surface area (Å²) in [6.07, 6.45) is 2.34. The van der Waals surface area contributed by atoms with Gasteiger partial charge in [-0.1, -0.05) is 19.8 Å². The number of carboxylic acids is 1. The predicted molar refractivity (Wildman–Crippen MR) is 62.2 cm³/mol. The predicted octanol–water partition coefficient (Wildman–Crippen LogP) is 0.696. The van der Waals surface area contributed by atoms with Crippen molar-refractivity contribution in [2.75, 3.05) is 14.1 Å². The molecule has 0 spiro atoms. The minimum absolute atomic E-state index is 0.109. The average Bonchev–Trinajstić information content (AvgIpc) is 2.21. The van der Waals surface area contributed by atoms with Gasteiger partial charge in [0.2, 0.25) is 5.91 Å². The average molecular weight is 230 g/mol. The number of unbranched alkanes of at least 4 members (excludes halogenated alkanes) is 1. The van der Waals surface area contributed by atoms with Gasteiger partial charge in [0, 0.05) is 14.1 Å². The molecule has 0 aromatic carbocycles. The van der Waals surface area contributed by atoms with Crippen LogP contribution in [0.4, 0.5) is 0 Å². The maximum Gasteiger partial charge on any atom is 0.320 e. The summed E-state index contributed by atoms with van der Waals surface area (Å²) >= 11 is 0. The Labute approximate surface area is 96.8 Å². The number of carbonyl (C=O) groups is 2. The van der Waals surface area contributed by atoms with E-state index in [1.165, 1.54) is 4.90 Å². The molecule has 0 bridgehead atoms. The number of carbonyl (C=O) groups excluding carboxylic acids is 1. The highest BCUT2D eigenvalue weighted by Gasteiger charge is 2.23. The Morgan fingerprint density at radius 2 is 1.94 bits per heavy atom. The molecule has 0 fully saturated rings. The van der Waals surface area contributed by atoms with Crippen molar-refractivity contribution < 1.29 is 14.7 Å². The molecule has 5 heteroatoms. The minimum atomic E-state index is -0.896. The van der Waals surface area contributed by atoms with Crippen LogP contribution in [0.2, 0.25) is 0 Å². The summed E-state index contributed by atoms with van der Waals surface area (Å²) in [5.41, 5.74) is 0. The summed E-state index contributed by atoms with van der Waals surface area (Å²) < 4.78 is 0. The first-order chi connectivity index (χ1) is 7.40. The normalized spacial score (nSPS) is 14.2. The van der Waals surface area contributed by atoms with E-state index < -0.39 is 18.1 Å². The first-order valence-corrected chi connectivity index (χ1v) is 5.60. The highest BCUT2D eigenvalue weighted by molar-refractivity contribution is 5.82. The van der Waals surface area contributed by atoms with Crippen LogP contribution < -0.4 is 5.32 Å². The monoisotopic (exact) mass is 230 g/mol. The van der Waals surface area contributed by atoms with Crippen molar-refractivity contribution in [3.8, 4) is 0 Å². The van der Waals surface area contributed by atoms with Gasteiger partial charge in [-0.05, 0) is 13.3 Å². The van der Waals surface area contributed by atoms with Crippen LogP contribution >= 0.6 is 0 Å². The number of hydrogen-bond acceptors (Lipinski definition) is 3. The van der Waals surface area contributed by atoms with E-state index in [0.717, 1.165) is 12.8 Å². The molecule has 0 aliphatic carbocycles. The van der Waals surface area contributed by atoms with Gasteiger partial charge in [-0.2, -0.15) is 0 Å². The molecule has 0 saturated carbocycles. The van der Waals surface area contributed by atoms with E-state index >= 15 is 0 Å². The number of amides is 1. The quantitative estimate of drug-likeness (QED) is 0.675. The van der Waals surface area contributed by atoms with Gasteiger partial charge in [-0.15, -0.1) is 0 Å². The molecule has 2 N–H and O–H groups in total. The van der Waals surface area contributed by atoms with Crippen LogP contribution in [0.1, 0.15) is 33.1 Å². The van der Waals surface area contributed by atoms with Gasteiger partial charge in [0.25, 0.3) is 0 Å². The lowest BCUT2D eigenvalue weighted by molar-refractivity contribution is -0.140. The lowest BCUT2D eigenvalue weighted by Crippen LogP contribution is -2.49. The number of nitrogens with zero attached hydrogens (tertiary/aromatic N) is 1. The molecule has 0 aromatic rings. The lowest BCUT2D eigenvalue weighted by Gasteiger charge is -2.22. The van der Waals surface area contributed by atoms with Crippen molar-refractivity contribution in [3.05, 3.63) is 0 Å². The molecular formula is C11H22N2O3. The molecular weight excluding hydrogens is 208 g/mol. The van der Waals surface area contributed by atoms with E-state index in [2.05, 4.69) is 5.32 Å². The van der Waals surface area contributed by atoms with Crippen LogP contribution in [0.15, 0.2) is 0 Å². The second kappa shape index (κ2) is 7.22. The van der Waals surface area contributed by atoms with E-state index in [0.29, 0.717) is 6.42 Å². The molecule has 5 nitrogen and oxygen atoms in total. The first-order valence-electron chi connectivity index (χ1n) is 5.60. The Balaban J connectivity index is 4.28. The Kier molecular flexibility index (Phi) is 6.72. The highest BCUT2D eigenvalue weighted by Crippen LogP contribution is 2.03. The molecule has 2 atom stereocenters. The van der Waals surface area contributed by atoms with Crippen LogP contribution in [0, 0.1) is 0 Å². The zero-order chi connectivity index (χ0) is 12.7. The standard InChI is InChI=1S/C11H22N2O3/c1-5-6-7-9(11(15)16)12-8(2)10(14)13(3)4/h8-9,12H,5-7H2,1-4H3,(H,15,16). The summed E-state index contributed by atoms with van der Waals surface area (Å²) in [7, 11) is 3.31. The fourth-order valence-electron chi connectivity index (χ4n) is 1.45. The third kappa shape index (κ3) is 5.11. The maximum atomic E-state index is 11.5. The van der Waals surface area contributed by atoms with E-state index in [9.17, 15) is 9.59 Å². The summed E-state index contributed by atoms with van der Waals surface area (Å²) in [5, 5.41) is 11.8. The SMILES string of the molecule is CCCCC(NC(C)C(=O)N(C)C)C(=O)O. The van der Waals surface area contributed by atoms with E-state index in [1.807, 2.05) is 6.92 Å². The third-order valence-corrected chi connectivity index (χ3v) is 2.41. The highest BCUT2D eigenvalue weighted by atomic mass is 16.4. The molecule has 1 amide bonds. The van der Waals surface area contributed by atoms with Crippen LogP contribution in [-0.2, 0) is 9.59 Å². The fraction of sp³-hybridized carbons (Fsp3) is 0.818. The number of likely N-dealkylation sites (N-methyl/N-ethyl adjacent to an activating group) is 1. The molecule has 16 heavy (non-hydrogen) atoms. The lowest BCUT2D eigenvalue weighted by atomic mass is 10.1. The zero-order valence-electron chi connectivity index (χ0n) is 10.5. The Morgan fingerprint density at radius 3 is 2.31 bits per heavy atom. The second-order valence-corrected chi connectivity index (χ2v) is 4.15. The second-order valence-electron chi connectivity index (χ2n) is 4.15. The molecule has 0 aliphatic rings. The van der Waals surface area contributed by atoms with E-state index in [-0.39, 0.29) is 5.91 Å². The van der Waals surface area contributed by atoms with Gasteiger partial charge in [0.05, 0.1) is 6.04 Å². The summed E-state index contributed by atoms with van der Waals surface area (Å²) in [4.78, 5) is 23.9. The van der Waals surface area contributed by atoms with E-state index in [1.54, 1.807) is 21.0 Å². The molecule has 0 radical (unpaired) electrons. The van der Waals surface area contributed by atoms with Crippen molar-refractivity contribution >= 4 is 11.9 Å². The number of aliphatic carboxylic acids is 1. The summed E-state index contributed by atoms with van der Waals surface area (Å²) in [6, 6.07) is -1.10. The van der Waals surface area contributed by atoms with Crippen molar-refractivity contribution in [1.82, 2.24) is 10.2 Å². The number of hydrogen-bond donors (Lipinski definition) is 2. The number of nitrogens with one attached hydrogen (secondary N) is 1. The van der Waals surface area contributed by atoms with Crippen LogP contribution in [0.5, 0.6) is 0 Å². The molecule has 0 aliphatic heterocycles. The van der Waals surface area contributed by atoms with Crippen LogP contribution in [0.3, 0.4) is 0 Å². The molecule has 2 unspecified atom stereocenters. The number of rotatable bonds is 7. The Hall–Kier alpha value is -1.10. The van der Waals surface area contributed by atoms with Crippen molar-refractivity contribution in [2.45, 2.75) is 45.2 Å². The topological polar surface area (TPSA) is 69.6 Å². The summed E-state index contributed by atoms with van der Waals surface area (Å²) in [6.45, 7) is 3.69. The largest absolute Gasteiger partial charge is 0.480 e. The maximum absolute atomic E-state index is 11.5. The zero-order valence-corrected chi connectivity index (χ0v) is 10.5. The van der Waals surface area contributed by atoms with Crippen molar-refractivity contribution in [2.24, 2.45) is 0 Å². The van der Waals surface area contributed by atoms with Gasteiger partial charge in [-0.3, -0.25) is 14.9 Å². The molecule has 0 heterocycles. The Morgan fingerprint density at radius 1 is 1.38 bits per heavy atom. The third-order valence-electron chi connectivity index (χ3n) is 2.41. The minimum Gasteiger partial charge on any atom is -0.480 e. The van der Waals surface area contributed by atoms with Crippen LogP contribution in [-0.4, -0.2) is 48.1 Å². The van der Waals surface area contributed by atoms with Gasteiger partial charge in [-0.25, -0.2) is 0 Å². The molecule has 0 rings (SSSR count). The molecule has 94 valence electrons. The van der Waals surface area contributed by atoms with Gasteiger partial charge in [0.15, 0.2) is 0 Å². The van der Waals surface area contributed by atoms with E-state index in [4.69, 9.17) is 5.11 Å². The fourth-order valence-corrected chi connectivity index (χ4v) is 1.45. The molecule has 0 saturated heterocycles. The Bertz CT molecular complexity index is 241. The summed E-state index contributed by atoms with van der Waals surface area (Å²) in [5.74, 6) is -1.00. The van der Waals surface area contributed by atoms with Crippen LogP contribution in [0.25, 0.3) is 0 Å². The van der Waals surface area contributed by atoms with Gasteiger partial charge >= 0.3 is 5.97 Å². The van der Waals surface area contributed by atoms with Crippen molar-refractivity contribution in [1.29, 1.82) is 0 Å². The number of carboxylic acid groups (broad SMARTS) is 1. The smallest absolute Gasteiger partial charge is 0.320 e. The van der Waals surface area contributed by atoms with Gasteiger partial charge in [0.1, 0.15) is 6.04 Å². The first kappa shape index (κ1) is 14.9. The molecule has 0 aromatic heterocycles. The van der Waals surface area contributed by atoms with Crippen molar-refractivity contribution in [3.63, 3.8) is 0 Å². The van der Waals surface area contributed by atoms with Gasteiger partial charge < -0.3 is 10.0 Å².